The average molecular weight is 451 g/mol. The van der Waals surface area contributed by atoms with Crippen molar-refractivity contribution in [2.24, 2.45) is 0 Å². The first-order valence-corrected chi connectivity index (χ1v) is 8.43. The van der Waals surface area contributed by atoms with E-state index in [1.807, 2.05) is 12.1 Å². The highest BCUT2D eigenvalue weighted by Crippen LogP contribution is 2.44. The molecule has 0 aliphatic rings. The van der Waals surface area contributed by atoms with E-state index < -0.39 is 0 Å². The number of hydrogen-bond acceptors (Lipinski definition) is 2. The minimum absolute atomic E-state index is 0.201. The van der Waals surface area contributed by atoms with Crippen molar-refractivity contribution in [1.29, 1.82) is 0 Å². The molecule has 1 atom stereocenters. The lowest BCUT2D eigenvalue weighted by molar-refractivity contribution is 1.23. The zero-order chi connectivity index (χ0) is 11.0. The van der Waals surface area contributed by atoms with Gasteiger partial charge in [0.05, 0.1) is 16.7 Å². The van der Waals surface area contributed by atoms with Crippen LogP contribution in [0.3, 0.4) is 0 Å². The predicted octanol–water partition coefficient (Wildman–Crippen LogP) is 6.47. The zero-order valence-corrected chi connectivity index (χ0v) is 14.3. The lowest BCUT2D eigenvalue weighted by Gasteiger charge is -2.05. The van der Waals surface area contributed by atoms with Crippen molar-refractivity contribution < 1.29 is 0 Å². The van der Waals surface area contributed by atoms with Crippen LogP contribution in [0.4, 0.5) is 0 Å². The van der Waals surface area contributed by atoms with Crippen LogP contribution >= 0.6 is 82.1 Å². The van der Waals surface area contributed by atoms with Crippen LogP contribution in [0, 0.1) is 0 Å². The molecule has 0 aliphatic carbocycles. The minimum Gasteiger partial charge on any atom is -0.127 e. The molecule has 2 aromatic heterocycles. The standard InChI is InChI=1S/C9H4Br3ClS2/c10-6-3-4(9(12)15-6)8(11)5-1-2-7(13)14-5/h1-3,8H. The topological polar surface area (TPSA) is 0 Å². The third-order valence-corrected chi connectivity index (χ3v) is 6.77. The van der Waals surface area contributed by atoms with Crippen LogP contribution in [0.1, 0.15) is 15.3 Å². The number of hydrogen-bond donors (Lipinski definition) is 0. The molecule has 80 valence electrons. The quantitative estimate of drug-likeness (QED) is 0.459. The van der Waals surface area contributed by atoms with Crippen LogP contribution in [-0.4, -0.2) is 0 Å². The van der Waals surface area contributed by atoms with Gasteiger partial charge in [0.2, 0.25) is 0 Å². The first kappa shape index (κ1) is 12.6. The third kappa shape index (κ3) is 2.87. The molecular weight excluding hydrogens is 447 g/mol. The summed E-state index contributed by atoms with van der Waals surface area (Å²) in [5.74, 6) is 0. The number of halogens is 4. The Hall–Kier alpha value is 1.13. The Labute approximate surface area is 126 Å². The van der Waals surface area contributed by atoms with E-state index in [4.69, 9.17) is 11.6 Å². The van der Waals surface area contributed by atoms with Crippen molar-refractivity contribution in [2.75, 3.05) is 0 Å². The van der Waals surface area contributed by atoms with Crippen molar-refractivity contribution in [3.8, 4) is 0 Å². The summed E-state index contributed by atoms with van der Waals surface area (Å²) < 4.78 is 3.08. The monoisotopic (exact) mass is 448 g/mol. The Morgan fingerprint density at radius 2 is 1.93 bits per heavy atom. The summed E-state index contributed by atoms with van der Waals surface area (Å²) in [4.78, 5) is 1.41. The normalized spacial score (nSPS) is 13.1. The fraction of sp³-hybridized carbons (Fsp3) is 0.111. The summed E-state index contributed by atoms with van der Waals surface area (Å²) in [7, 11) is 0. The van der Waals surface area contributed by atoms with Crippen molar-refractivity contribution in [2.45, 2.75) is 4.83 Å². The van der Waals surface area contributed by atoms with Gasteiger partial charge in [-0.15, -0.1) is 22.7 Å². The lowest BCUT2D eigenvalue weighted by Crippen LogP contribution is -1.86. The van der Waals surface area contributed by atoms with Crippen LogP contribution in [0.5, 0.6) is 0 Å². The van der Waals surface area contributed by atoms with E-state index in [0.29, 0.717) is 0 Å². The molecule has 2 heterocycles. The van der Waals surface area contributed by atoms with Gasteiger partial charge in [0, 0.05) is 4.88 Å². The molecule has 15 heavy (non-hydrogen) atoms. The molecule has 0 aromatic carbocycles. The summed E-state index contributed by atoms with van der Waals surface area (Å²) in [6.07, 6.45) is 0. The molecule has 0 bridgehead atoms. The summed E-state index contributed by atoms with van der Waals surface area (Å²) >= 11 is 19.9. The first-order valence-electron chi connectivity index (χ1n) is 3.92. The molecule has 0 nitrogen and oxygen atoms in total. The van der Waals surface area contributed by atoms with E-state index in [2.05, 4.69) is 53.9 Å². The van der Waals surface area contributed by atoms with E-state index in [-0.39, 0.29) is 4.83 Å². The van der Waals surface area contributed by atoms with Gasteiger partial charge in [-0.05, 0) is 55.6 Å². The van der Waals surface area contributed by atoms with Gasteiger partial charge in [-0.2, -0.15) is 0 Å². The number of alkyl halides is 1. The SMILES string of the molecule is Clc1ccc(C(Br)c2cc(Br)sc2Br)s1. The van der Waals surface area contributed by atoms with Crippen molar-refractivity contribution in [3.63, 3.8) is 0 Å². The Kier molecular flexibility index (Phi) is 4.35. The zero-order valence-electron chi connectivity index (χ0n) is 7.14. The van der Waals surface area contributed by atoms with E-state index in [0.717, 1.165) is 11.9 Å². The number of thiophene rings is 2. The molecule has 0 spiro atoms. The first-order chi connectivity index (χ1) is 7.08. The molecule has 1 unspecified atom stereocenters. The van der Waals surface area contributed by atoms with E-state index in [9.17, 15) is 0 Å². The molecule has 0 amide bonds. The van der Waals surface area contributed by atoms with Gasteiger partial charge in [-0.1, -0.05) is 27.5 Å². The predicted molar refractivity (Wildman–Crippen MR) is 79.8 cm³/mol. The van der Waals surface area contributed by atoms with Gasteiger partial charge < -0.3 is 0 Å². The van der Waals surface area contributed by atoms with Crippen LogP contribution in [0.2, 0.25) is 4.34 Å². The summed E-state index contributed by atoms with van der Waals surface area (Å²) in [6, 6.07) is 6.08. The smallest absolute Gasteiger partial charge is 0.0931 e. The molecule has 2 aromatic rings. The van der Waals surface area contributed by atoms with Gasteiger partial charge in [-0.3, -0.25) is 0 Å². The molecule has 0 saturated heterocycles. The molecule has 0 N–H and O–H groups in total. The molecule has 0 aliphatic heterocycles. The Morgan fingerprint density at radius 3 is 2.40 bits per heavy atom. The van der Waals surface area contributed by atoms with Crippen molar-refractivity contribution >= 4 is 82.1 Å². The average Bonchev–Trinajstić information content (AvgIpc) is 2.71. The molecule has 0 fully saturated rings. The highest BCUT2D eigenvalue weighted by atomic mass is 79.9. The minimum atomic E-state index is 0.201. The van der Waals surface area contributed by atoms with Crippen LogP contribution in [-0.2, 0) is 0 Å². The fourth-order valence-corrected chi connectivity index (χ4v) is 6.36. The van der Waals surface area contributed by atoms with E-state index >= 15 is 0 Å². The van der Waals surface area contributed by atoms with Gasteiger partial charge in [0.25, 0.3) is 0 Å². The fourth-order valence-electron chi connectivity index (χ4n) is 1.14. The highest BCUT2D eigenvalue weighted by molar-refractivity contribution is 9.12. The maximum absolute atomic E-state index is 5.92. The molecular formula is C9H4Br3ClS2. The maximum atomic E-state index is 5.92. The van der Waals surface area contributed by atoms with Gasteiger partial charge >= 0.3 is 0 Å². The van der Waals surface area contributed by atoms with Crippen LogP contribution in [0.15, 0.2) is 25.8 Å². The Balaban J connectivity index is 2.35. The van der Waals surface area contributed by atoms with Gasteiger partial charge in [0.1, 0.15) is 0 Å². The van der Waals surface area contributed by atoms with E-state index in [1.165, 1.54) is 10.4 Å². The number of rotatable bonds is 2. The second-order valence-electron chi connectivity index (χ2n) is 2.78. The maximum Gasteiger partial charge on any atom is 0.0931 e. The van der Waals surface area contributed by atoms with Crippen molar-refractivity contribution in [3.05, 3.63) is 40.5 Å². The highest BCUT2D eigenvalue weighted by Gasteiger charge is 2.17. The third-order valence-electron chi connectivity index (χ3n) is 1.80. The lowest BCUT2D eigenvalue weighted by atomic mass is 10.2. The van der Waals surface area contributed by atoms with Crippen molar-refractivity contribution in [1.82, 2.24) is 0 Å². The summed E-state index contributed by atoms with van der Waals surface area (Å²) in [6.45, 7) is 0. The second kappa shape index (κ2) is 5.19. The van der Waals surface area contributed by atoms with Crippen LogP contribution in [0.25, 0.3) is 0 Å². The molecule has 6 heteroatoms. The Bertz CT molecular complexity index is 477. The molecule has 0 radical (unpaired) electrons. The summed E-state index contributed by atoms with van der Waals surface area (Å²) in [5, 5.41) is 0. The summed E-state index contributed by atoms with van der Waals surface area (Å²) in [5.41, 5.74) is 1.23. The molecule has 2 rings (SSSR count). The van der Waals surface area contributed by atoms with E-state index in [1.54, 1.807) is 22.7 Å². The second-order valence-corrected chi connectivity index (χ2v) is 9.20. The van der Waals surface area contributed by atoms with Gasteiger partial charge in [0.15, 0.2) is 0 Å². The van der Waals surface area contributed by atoms with Gasteiger partial charge in [-0.25, -0.2) is 0 Å². The van der Waals surface area contributed by atoms with Crippen LogP contribution < -0.4 is 0 Å². The largest absolute Gasteiger partial charge is 0.127 e. The molecule has 0 saturated carbocycles. The Morgan fingerprint density at radius 1 is 1.20 bits per heavy atom.